The van der Waals surface area contributed by atoms with E-state index in [0.29, 0.717) is 22.8 Å². The Kier molecular flexibility index (Phi) is 5.47. The number of carbonyl (C=O) groups is 2. The van der Waals surface area contributed by atoms with E-state index in [4.69, 9.17) is 4.74 Å². The van der Waals surface area contributed by atoms with Gasteiger partial charge in [-0.05, 0) is 49.4 Å². The summed E-state index contributed by atoms with van der Waals surface area (Å²) in [4.78, 5) is 27.9. The summed E-state index contributed by atoms with van der Waals surface area (Å²) in [6.07, 6.45) is 0. The molecule has 0 saturated carbocycles. The first kappa shape index (κ1) is 18.1. The topological polar surface area (TPSA) is 80.3 Å². The molecule has 0 fully saturated rings. The van der Waals surface area contributed by atoms with Crippen molar-refractivity contribution < 1.29 is 14.3 Å². The highest BCUT2D eigenvalue weighted by Crippen LogP contribution is 2.23. The van der Waals surface area contributed by atoms with Crippen LogP contribution >= 0.6 is 0 Å². The summed E-state index contributed by atoms with van der Waals surface area (Å²) in [5.41, 5.74) is 3.44. The van der Waals surface area contributed by atoms with Crippen LogP contribution in [0.15, 0.2) is 66.7 Å². The van der Waals surface area contributed by atoms with Crippen molar-refractivity contribution in [2.45, 2.75) is 6.92 Å². The molecule has 6 nitrogen and oxygen atoms in total. The molecule has 0 aliphatic carbocycles. The number of urea groups is 1. The number of hydrogen-bond donors (Lipinski definition) is 2. The van der Waals surface area contributed by atoms with Crippen LogP contribution < -0.4 is 15.4 Å². The fraction of sp³-hybridized carbons (Fsp3) is 0.0952. The van der Waals surface area contributed by atoms with Crippen molar-refractivity contribution in [2.75, 3.05) is 17.7 Å². The average molecular weight is 361 g/mol. The third-order valence-corrected chi connectivity index (χ3v) is 3.90. The fourth-order valence-corrected chi connectivity index (χ4v) is 2.53. The van der Waals surface area contributed by atoms with Gasteiger partial charge in [-0.25, -0.2) is 9.78 Å². The van der Waals surface area contributed by atoms with E-state index in [-0.39, 0.29) is 11.8 Å². The maximum Gasteiger partial charge on any atom is 0.323 e. The van der Waals surface area contributed by atoms with Gasteiger partial charge < -0.3 is 15.4 Å². The Balaban J connectivity index is 1.70. The van der Waals surface area contributed by atoms with Crippen molar-refractivity contribution in [3.05, 3.63) is 72.3 Å². The first-order chi connectivity index (χ1) is 13.0. The Labute approximate surface area is 157 Å². The van der Waals surface area contributed by atoms with Gasteiger partial charge in [-0.1, -0.05) is 18.2 Å². The van der Waals surface area contributed by atoms with Crippen LogP contribution in [0, 0.1) is 0 Å². The molecule has 1 heterocycles. The van der Waals surface area contributed by atoms with Crippen molar-refractivity contribution in [3.63, 3.8) is 0 Å². The predicted molar refractivity (Wildman–Crippen MR) is 105 cm³/mol. The third-order valence-electron chi connectivity index (χ3n) is 3.90. The number of benzene rings is 2. The number of nitrogens with zero attached hydrogens (tertiary/aromatic N) is 1. The molecule has 0 atom stereocenters. The van der Waals surface area contributed by atoms with Crippen molar-refractivity contribution in [1.29, 1.82) is 0 Å². The Morgan fingerprint density at radius 1 is 0.889 bits per heavy atom. The molecule has 0 aliphatic heterocycles. The Morgan fingerprint density at radius 3 is 2.30 bits per heavy atom. The van der Waals surface area contributed by atoms with Gasteiger partial charge in [-0.2, -0.15) is 0 Å². The van der Waals surface area contributed by atoms with E-state index >= 15 is 0 Å². The second-order valence-electron chi connectivity index (χ2n) is 5.86. The third kappa shape index (κ3) is 4.70. The maximum atomic E-state index is 12.2. The molecule has 6 heteroatoms. The van der Waals surface area contributed by atoms with Crippen molar-refractivity contribution in [3.8, 4) is 17.1 Å². The lowest BCUT2D eigenvalue weighted by molar-refractivity contribution is 0.101. The maximum absolute atomic E-state index is 12.2. The molecule has 2 N–H and O–H groups in total. The molecule has 2 amide bonds. The van der Waals surface area contributed by atoms with Crippen LogP contribution in [0.5, 0.6) is 5.88 Å². The minimum Gasteiger partial charge on any atom is -0.481 e. The molecule has 27 heavy (non-hydrogen) atoms. The Morgan fingerprint density at radius 2 is 1.59 bits per heavy atom. The molecule has 0 radical (unpaired) electrons. The van der Waals surface area contributed by atoms with Crippen molar-refractivity contribution in [2.24, 2.45) is 0 Å². The molecule has 0 saturated heterocycles. The van der Waals surface area contributed by atoms with Gasteiger partial charge in [-0.3, -0.25) is 4.79 Å². The number of ketones is 1. The van der Waals surface area contributed by atoms with Gasteiger partial charge in [0.25, 0.3) is 0 Å². The summed E-state index contributed by atoms with van der Waals surface area (Å²) >= 11 is 0. The zero-order valence-electron chi connectivity index (χ0n) is 15.0. The van der Waals surface area contributed by atoms with Crippen LogP contribution in [0.2, 0.25) is 0 Å². The number of nitrogens with one attached hydrogen (secondary N) is 2. The molecule has 0 bridgehead atoms. The second kappa shape index (κ2) is 8.14. The van der Waals surface area contributed by atoms with E-state index in [2.05, 4.69) is 15.6 Å². The zero-order chi connectivity index (χ0) is 19.2. The Hall–Kier alpha value is -3.67. The molecular weight excluding hydrogens is 342 g/mol. The largest absolute Gasteiger partial charge is 0.481 e. The summed E-state index contributed by atoms with van der Waals surface area (Å²) < 4.78 is 5.15. The molecule has 0 unspecified atom stereocenters. The van der Waals surface area contributed by atoms with E-state index in [1.54, 1.807) is 43.5 Å². The van der Waals surface area contributed by atoms with Crippen LogP contribution in [0.3, 0.4) is 0 Å². The summed E-state index contributed by atoms with van der Waals surface area (Å²) in [6, 6.07) is 19.2. The number of aromatic nitrogens is 1. The highest BCUT2D eigenvalue weighted by Gasteiger charge is 2.06. The fourth-order valence-electron chi connectivity index (χ4n) is 2.53. The summed E-state index contributed by atoms with van der Waals surface area (Å²) in [5.74, 6) is 0.506. The van der Waals surface area contributed by atoms with Gasteiger partial charge in [0.15, 0.2) is 5.78 Å². The predicted octanol–water partition coefficient (Wildman–Crippen LogP) is 4.60. The molecule has 136 valence electrons. The first-order valence-electron chi connectivity index (χ1n) is 8.35. The number of Topliss-reactive ketones (excluding diaryl/α,β-unsaturated/α-hetero) is 1. The number of methoxy groups -OCH3 is 1. The van der Waals surface area contributed by atoms with Crippen LogP contribution in [0.4, 0.5) is 16.2 Å². The van der Waals surface area contributed by atoms with Gasteiger partial charge >= 0.3 is 6.03 Å². The van der Waals surface area contributed by atoms with E-state index in [9.17, 15) is 9.59 Å². The van der Waals surface area contributed by atoms with Gasteiger partial charge in [-0.15, -0.1) is 0 Å². The number of amides is 2. The lowest BCUT2D eigenvalue weighted by atomic mass is 10.1. The summed E-state index contributed by atoms with van der Waals surface area (Å²) in [7, 11) is 1.57. The number of ether oxygens (including phenoxy) is 1. The molecule has 3 rings (SSSR count). The first-order valence-corrected chi connectivity index (χ1v) is 8.35. The second-order valence-corrected chi connectivity index (χ2v) is 5.86. The minimum absolute atomic E-state index is 0.0195. The summed E-state index contributed by atoms with van der Waals surface area (Å²) in [5, 5.41) is 5.53. The van der Waals surface area contributed by atoms with Crippen molar-refractivity contribution >= 4 is 23.2 Å². The van der Waals surface area contributed by atoms with E-state index in [1.807, 2.05) is 30.3 Å². The normalized spacial score (nSPS) is 10.1. The van der Waals surface area contributed by atoms with Gasteiger partial charge in [0.1, 0.15) is 0 Å². The number of carbonyl (C=O) groups excluding carboxylic acids is 2. The van der Waals surface area contributed by atoms with E-state index < -0.39 is 0 Å². The molecule has 2 aromatic carbocycles. The molecular formula is C21H19N3O3. The van der Waals surface area contributed by atoms with Gasteiger partial charge in [0.05, 0.1) is 12.8 Å². The van der Waals surface area contributed by atoms with Crippen LogP contribution in [-0.2, 0) is 0 Å². The smallest absolute Gasteiger partial charge is 0.323 e. The molecule has 1 aromatic heterocycles. The highest BCUT2D eigenvalue weighted by molar-refractivity contribution is 6.00. The minimum atomic E-state index is -0.374. The zero-order valence-corrected chi connectivity index (χ0v) is 15.0. The average Bonchev–Trinajstić information content (AvgIpc) is 2.68. The Bertz CT molecular complexity index is 968. The highest BCUT2D eigenvalue weighted by atomic mass is 16.5. The molecule has 0 spiro atoms. The van der Waals surface area contributed by atoms with E-state index in [1.165, 1.54) is 6.92 Å². The number of hydrogen-bond acceptors (Lipinski definition) is 4. The SMILES string of the molecule is COc1cccc(-c2cccc(NC(=O)Nc3ccc(C(C)=O)cc3)c2)n1. The molecule has 0 aliphatic rings. The van der Waals surface area contributed by atoms with Crippen molar-refractivity contribution in [1.82, 2.24) is 4.98 Å². The van der Waals surface area contributed by atoms with Gasteiger partial charge in [0, 0.05) is 28.6 Å². The van der Waals surface area contributed by atoms with Gasteiger partial charge in [0.2, 0.25) is 5.88 Å². The lowest BCUT2D eigenvalue weighted by Gasteiger charge is -2.10. The molecule has 3 aromatic rings. The monoisotopic (exact) mass is 361 g/mol. The lowest BCUT2D eigenvalue weighted by Crippen LogP contribution is -2.19. The number of pyridine rings is 1. The van der Waals surface area contributed by atoms with Crippen LogP contribution in [0.1, 0.15) is 17.3 Å². The van der Waals surface area contributed by atoms with Crippen LogP contribution in [-0.4, -0.2) is 23.9 Å². The number of anilines is 2. The van der Waals surface area contributed by atoms with E-state index in [0.717, 1.165) is 11.3 Å². The quantitative estimate of drug-likeness (QED) is 0.651. The standard InChI is InChI=1S/C21H19N3O3/c1-14(25)15-9-11-17(12-10-15)22-21(26)23-18-6-3-5-16(13-18)19-7-4-8-20(24-19)27-2/h3-13H,1-2H3,(H2,22,23,26). The number of rotatable bonds is 5. The van der Waals surface area contributed by atoms with Crippen LogP contribution in [0.25, 0.3) is 11.3 Å². The summed E-state index contributed by atoms with van der Waals surface area (Å²) in [6.45, 7) is 1.50.